The predicted octanol–water partition coefficient (Wildman–Crippen LogP) is 2.68. The van der Waals surface area contributed by atoms with Gasteiger partial charge in [0, 0.05) is 0 Å². The fraction of sp³-hybridized carbons (Fsp3) is 0.900. The molecule has 0 amide bonds. The Kier molecular flexibility index (Phi) is 4.95. The van der Waals surface area contributed by atoms with Crippen LogP contribution in [0, 0.1) is 5.92 Å². The van der Waals surface area contributed by atoms with Gasteiger partial charge in [-0.15, -0.1) is 0 Å². The van der Waals surface area contributed by atoms with Crippen molar-refractivity contribution < 1.29 is 9.53 Å². The predicted molar refractivity (Wildman–Crippen MR) is 49.5 cm³/mol. The van der Waals surface area contributed by atoms with Crippen molar-refractivity contribution in [2.24, 2.45) is 5.92 Å². The average molecular weight is 171 g/mol. The second-order valence-electron chi connectivity index (χ2n) is 3.54. The van der Waals surface area contributed by atoms with Gasteiger partial charge in [0.2, 0.25) is 0 Å². The third-order valence-corrected chi connectivity index (χ3v) is 2.74. The molecule has 2 heteroatoms. The molecule has 0 spiro atoms. The molecule has 0 fully saturated rings. The van der Waals surface area contributed by atoms with Crippen LogP contribution in [0.2, 0.25) is 0 Å². The smallest absolute Gasteiger partial charge is 0.418 e. The second kappa shape index (κ2) is 5.18. The molecule has 0 bridgehead atoms. The zero-order chi connectivity index (χ0) is 9.61. The molecule has 0 saturated carbocycles. The first-order valence-corrected chi connectivity index (χ1v) is 4.65. The van der Waals surface area contributed by atoms with E-state index in [0.717, 1.165) is 19.3 Å². The molecule has 0 aliphatic heterocycles. The number of ether oxygens (including phenoxy) is 1. The summed E-state index contributed by atoms with van der Waals surface area (Å²) in [5.74, 6) is 0.411. The maximum Gasteiger partial charge on any atom is 0.418 e. The SMILES string of the molecule is CCCC(C)C(C)(CC)O[C]=O. The standard InChI is InChI=1S/C10H19O2/c1-5-7-9(3)10(4,6-2)12-8-11/h9H,5-7H2,1-4H3. The minimum Gasteiger partial charge on any atom is -0.451 e. The van der Waals surface area contributed by atoms with Gasteiger partial charge in [-0.1, -0.05) is 27.2 Å². The summed E-state index contributed by atoms with van der Waals surface area (Å²) in [7, 11) is 0. The van der Waals surface area contributed by atoms with Gasteiger partial charge in [-0.05, 0) is 25.7 Å². The number of hydrogen-bond acceptors (Lipinski definition) is 2. The molecule has 0 rings (SSSR count). The highest BCUT2D eigenvalue weighted by Gasteiger charge is 2.30. The van der Waals surface area contributed by atoms with E-state index in [-0.39, 0.29) is 5.60 Å². The van der Waals surface area contributed by atoms with Crippen molar-refractivity contribution in [2.45, 2.75) is 52.6 Å². The maximum atomic E-state index is 10.1. The van der Waals surface area contributed by atoms with Gasteiger partial charge in [-0.2, -0.15) is 0 Å². The number of rotatable bonds is 6. The van der Waals surface area contributed by atoms with E-state index in [4.69, 9.17) is 4.74 Å². The molecular formula is C10H19O2. The van der Waals surface area contributed by atoms with Crippen molar-refractivity contribution >= 4 is 6.47 Å². The Hall–Kier alpha value is -0.530. The number of carbonyl (C=O) groups excluding carboxylic acids is 1. The van der Waals surface area contributed by atoms with Crippen LogP contribution in [0.1, 0.15) is 47.0 Å². The minimum absolute atomic E-state index is 0.322. The Morgan fingerprint density at radius 3 is 2.42 bits per heavy atom. The first-order chi connectivity index (χ1) is 5.60. The molecule has 2 unspecified atom stereocenters. The Bertz CT molecular complexity index is 134. The van der Waals surface area contributed by atoms with Crippen molar-refractivity contribution in [1.82, 2.24) is 0 Å². The fourth-order valence-electron chi connectivity index (χ4n) is 1.35. The molecule has 71 valence electrons. The summed E-state index contributed by atoms with van der Waals surface area (Å²) in [5.41, 5.74) is -0.322. The van der Waals surface area contributed by atoms with Crippen LogP contribution in [0.5, 0.6) is 0 Å². The van der Waals surface area contributed by atoms with Gasteiger partial charge in [0.15, 0.2) is 0 Å². The summed E-state index contributed by atoms with van der Waals surface area (Å²) < 4.78 is 4.99. The van der Waals surface area contributed by atoms with E-state index in [1.807, 2.05) is 13.8 Å². The highest BCUT2D eigenvalue weighted by atomic mass is 16.5. The molecular weight excluding hydrogens is 152 g/mol. The van der Waals surface area contributed by atoms with E-state index in [2.05, 4.69) is 13.8 Å². The molecule has 0 heterocycles. The maximum absolute atomic E-state index is 10.1. The summed E-state index contributed by atoms with van der Waals surface area (Å²) in [5, 5.41) is 0. The Morgan fingerprint density at radius 1 is 1.50 bits per heavy atom. The fourth-order valence-corrected chi connectivity index (χ4v) is 1.35. The zero-order valence-electron chi connectivity index (χ0n) is 8.52. The third-order valence-electron chi connectivity index (χ3n) is 2.74. The lowest BCUT2D eigenvalue weighted by Gasteiger charge is -2.32. The Labute approximate surface area is 75.3 Å². The van der Waals surface area contributed by atoms with E-state index >= 15 is 0 Å². The van der Waals surface area contributed by atoms with Crippen LogP contribution < -0.4 is 0 Å². The molecule has 0 aliphatic carbocycles. The quantitative estimate of drug-likeness (QED) is 0.614. The van der Waals surface area contributed by atoms with Crippen LogP contribution in [0.4, 0.5) is 0 Å². The number of hydrogen-bond donors (Lipinski definition) is 0. The minimum atomic E-state index is -0.322. The first-order valence-electron chi connectivity index (χ1n) is 4.65. The second-order valence-corrected chi connectivity index (χ2v) is 3.54. The van der Waals surface area contributed by atoms with E-state index in [9.17, 15) is 4.79 Å². The molecule has 0 aliphatic rings. The van der Waals surface area contributed by atoms with Gasteiger partial charge in [-0.3, -0.25) is 0 Å². The molecule has 12 heavy (non-hydrogen) atoms. The lowest BCUT2D eigenvalue weighted by atomic mass is 9.85. The van der Waals surface area contributed by atoms with Crippen LogP contribution in [0.25, 0.3) is 0 Å². The van der Waals surface area contributed by atoms with Gasteiger partial charge >= 0.3 is 6.47 Å². The average Bonchev–Trinajstić information content (AvgIpc) is 2.05. The Balaban J connectivity index is 4.17. The molecule has 1 radical (unpaired) electrons. The summed E-state index contributed by atoms with van der Waals surface area (Å²) in [4.78, 5) is 10.1. The van der Waals surface area contributed by atoms with Crippen molar-refractivity contribution in [1.29, 1.82) is 0 Å². The zero-order valence-corrected chi connectivity index (χ0v) is 8.52. The molecule has 0 aromatic rings. The van der Waals surface area contributed by atoms with E-state index < -0.39 is 0 Å². The van der Waals surface area contributed by atoms with Crippen molar-refractivity contribution in [3.05, 3.63) is 0 Å². The van der Waals surface area contributed by atoms with E-state index in [1.54, 1.807) is 6.47 Å². The molecule has 2 atom stereocenters. The molecule has 0 saturated heterocycles. The molecule has 0 aromatic heterocycles. The van der Waals surface area contributed by atoms with Crippen LogP contribution >= 0.6 is 0 Å². The van der Waals surface area contributed by atoms with Crippen LogP contribution in [-0.4, -0.2) is 12.1 Å². The van der Waals surface area contributed by atoms with E-state index in [1.165, 1.54) is 0 Å². The third kappa shape index (κ3) is 2.84. The summed E-state index contributed by atoms with van der Waals surface area (Å²) in [6.07, 6.45) is 3.06. The topological polar surface area (TPSA) is 26.3 Å². The van der Waals surface area contributed by atoms with Gasteiger partial charge in [-0.25, -0.2) is 4.79 Å². The summed E-state index contributed by atoms with van der Waals surface area (Å²) >= 11 is 0. The lowest BCUT2D eigenvalue weighted by molar-refractivity contribution is 0.0102. The van der Waals surface area contributed by atoms with Crippen LogP contribution in [0.15, 0.2) is 0 Å². The lowest BCUT2D eigenvalue weighted by Crippen LogP contribution is -2.35. The monoisotopic (exact) mass is 171 g/mol. The Morgan fingerprint density at radius 2 is 2.08 bits per heavy atom. The van der Waals surface area contributed by atoms with Crippen molar-refractivity contribution in [3.63, 3.8) is 0 Å². The van der Waals surface area contributed by atoms with Crippen LogP contribution in [0.3, 0.4) is 0 Å². The van der Waals surface area contributed by atoms with E-state index in [0.29, 0.717) is 5.92 Å². The van der Waals surface area contributed by atoms with Gasteiger partial charge in [0.25, 0.3) is 0 Å². The largest absolute Gasteiger partial charge is 0.451 e. The summed E-state index contributed by atoms with van der Waals surface area (Å²) in [6, 6.07) is 0. The molecule has 0 aromatic carbocycles. The van der Waals surface area contributed by atoms with Gasteiger partial charge in [0.05, 0.1) is 0 Å². The van der Waals surface area contributed by atoms with Crippen LogP contribution in [-0.2, 0) is 9.53 Å². The van der Waals surface area contributed by atoms with Gasteiger partial charge in [0.1, 0.15) is 5.60 Å². The normalized spacial score (nSPS) is 18.0. The van der Waals surface area contributed by atoms with Crippen molar-refractivity contribution in [2.75, 3.05) is 0 Å². The molecule has 2 nitrogen and oxygen atoms in total. The van der Waals surface area contributed by atoms with Crippen molar-refractivity contribution in [3.8, 4) is 0 Å². The molecule has 0 N–H and O–H groups in total. The highest BCUT2D eigenvalue weighted by Crippen LogP contribution is 2.28. The highest BCUT2D eigenvalue weighted by molar-refractivity contribution is 5.39. The first kappa shape index (κ1) is 11.5. The van der Waals surface area contributed by atoms with Gasteiger partial charge < -0.3 is 4.74 Å². The summed E-state index contributed by atoms with van der Waals surface area (Å²) in [6.45, 7) is 9.80.